The van der Waals surface area contributed by atoms with Gasteiger partial charge in [0.25, 0.3) is 0 Å². The van der Waals surface area contributed by atoms with Crippen molar-refractivity contribution in [1.29, 1.82) is 0 Å². The first-order valence-electron chi connectivity index (χ1n) is 9.59. The van der Waals surface area contributed by atoms with E-state index in [1.165, 1.54) is 12.1 Å². The highest BCUT2D eigenvalue weighted by molar-refractivity contribution is 7.92. The fraction of sp³-hybridized carbons (Fsp3) is 0.381. The van der Waals surface area contributed by atoms with Crippen molar-refractivity contribution in [3.05, 3.63) is 51.0 Å². The van der Waals surface area contributed by atoms with Gasteiger partial charge in [-0.15, -0.1) is 0 Å². The average Bonchev–Trinajstić information content (AvgIpc) is 2.67. The van der Waals surface area contributed by atoms with E-state index in [0.29, 0.717) is 17.9 Å². The number of nitrogens with zero attached hydrogens (tertiary/aromatic N) is 1. The molecule has 0 radical (unpaired) electrons. The van der Waals surface area contributed by atoms with E-state index in [9.17, 15) is 13.2 Å². The molecule has 3 rings (SSSR count). The lowest BCUT2D eigenvalue weighted by Crippen LogP contribution is -2.45. The van der Waals surface area contributed by atoms with Crippen molar-refractivity contribution in [2.75, 3.05) is 24.2 Å². The van der Waals surface area contributed by atoms with Crippen LogP contribution < -0.4 is 19.1 Å². The standard InChI is InChI=1S/C21H23Cl3N2O5S/c1-21(2)10-17(13-6-5-12(30-3)7-19(13)31-21)25-20(27)11-26(32(4,28)29)18-9-15(23)14(22)8-16(18)24/h5-9,17H,10-11H2,1-4H3,(H,25,27). The van der Waals surface area contributed by atoms with Crippen LogP contribution in [0.2, 0.25) is 15.1 Å². The van der Waals surface area contributed by atoms with E-state index in [2.05, 4.69) is 5.32 Å². The number of nitrogens with one attached hydrogen (secondary N) is 1. The monoisotopic (exact) mass is 520 g/mol. The van der Waals surface area contributed by atoms with Crippen molar-refractivity contribution in [3.8, 4) is 11.5 Å². The molecule has 0 aliphatic carbocycles. The topological polar surface area (TPSA) is 84.9 Å². The highest BCUT2D eigenvalue weighted by Gasteiger charge is 2.35. The number of halogens is 3. The molecule has 0 aromatic heterocycles. The smallest absolute Gasteiger partial charge is 0.241 e. The number of rotatable bonds is 6. The molecule has 0 saturated carbocycles. The molecule has 32 heavy (non-hydrogen) atoms. The van der Waals surface area contributed by atoms with Crippen LogP contribution in [0.15, 0.2) is 30.3 Å². The Kier molecular flexibility index (Phi) is 7.10. The van der Waals surface area contributed by atoms with Crippen molar-refractivity contribution in [3.63, 3.8) is 0 Å². The number of carbonyl (C=O) groups excluding carboxylic acids is 1. The van der Waals surface area contributed by atoms with E-state index < -0.39 is 34.1 Å². The quantitative estimate of drug-likeness (QED) is 0.550. The zero-order valence-corrected chi connectivity index (χ0v) is 21.0. The van der Waals surface area contributed by atoms with Crippen molar-refractivity contribution in [2.45, 2.75) is 31.9 Å². The van der Waals surface area contributed by atoms with Gasteiger partial charge in [0.2, 0.25) is 15.9 Å². The molecule has 2 aromatic rings. The molecule has 7 nitrogen and oxygen atoms in total. The van der Waals surface area contributed by atoms with Crippen LogP contribution in [-0.2, 0) is 14.8 Å². The minimum absolute atomic E-state index is 0.0577. The molecule has 0 spiro atoms. The fourth-order valence-electron chi connectivity index (χ4n) is 3.54. The van der Waals surface area contributed by atoms with Crippen molar-refractivity contribution < 1.29 is 22.7 Å². The fourth-order valence-corrected chi connectivity index (χ4v) is 5.10. The molecule has 1 heterocycles. The van der Waals surface area contributed by atoms with Crippen LogP contribution in [-0.4, -0.2) is 39.8 Å². The van der Waals surface area contributed by atoms with Crippen LogP contribution >= 0.6 is 34.8 Å². The first-order valence-corrected chi connectivity index (χ1v) is 12.6. The summed E-state index contributed by atoms with van der Waals surface area (Å²) in [6, 6.07) is 7.61. The molecule has 1 aliphatic rings. The SMILES string of the molecule is COc1ccc2c(c1)OC(C)(C)CC2NC(=O)CN(c1cc(Cl)c(Cl)cc1Cl)S(C)(=O)=O. The number of sulfonamides is 1. The number of ether oxygens (including phenoxy) is 2. The Labute approximate surface area is 202 Å². The summed E-state index contributed by atoms with van der Waals surface area (Å²) < 4.78 is 37.1. The van der Waals surface area contributed by atoms with Crippen LogP contribution in [0.1, 0.15) is 31.9 Å². The van der Waals surface area contributed by atoms with Crippen LogP contribution in [0.25, 0.3) is 0 Å². The summed E-state index contributed by atoms with van der Waals surface area (Å²) in [4.78, 5) is 13.0. The van der Waals surface area contributed by atoms with E-state index in [1.807, 2.05) is 19.9 Å². The first kappa shape index (κ1) is 24.8. The lowest BCUT2D eigenvalue weighted by Gasteiger charge is -2.38. The van der Waals surface area contributed by atoms with E-state index in [0.717, 1.165) is 16.1 Å². The Morgan fingerprint density at radius 2 is 1.84 bits per heavy atom. The van der Waals surface area contributed by atoms with Crippen molar-refractivity contribution in [2.24, 2.45) is 0 Å². The molecule has 0 saturated heterocycles. The van der Waals surface area contributed by atoms with Gasteiger partial charge in [0.15, 0.2) is 0 Å². The number of fused-ring (bicyclic) bond motifs is 1. The van der Waals surface area contributed by atoms with Crippen molar-refractivity contribution >= 4 is 56.4 Å². The Morgan fingerprint density at radius 1 is 1.19 bits per heavy atom. The van der Waals surface area contributed by atoms with Gasteiger partial charge in [0, 0.05) is 18.1 Å². The summed E-state index contributed by atoms with van der Waals surface area (Å²) >= 11 is 18.2. The zero-order valence-electron chi connectivity index (χ0n) is 17.9. The van der Waals surface area contributed by atoms with Gasteiger partial charge in [-0.05, 0) is 38.1 Å². The van der Waals surface area contributed by atoms with Crippen LogP contribution in [0, 0.1) is 0 Å². The Bertz CT molecular complexity index is 1150. The van der Waals surface area contributed by atoms with Gasteiger partial charge in [-0.2, -0.15) is 0 Å². The number of anilines is 1. The van der Waals surface area contributed by atoms with Gasteiger partial charge in [0.05, 0.1) is 40.2 Å². The van der Waals surface area contributed by atoms with E-state index in [1.54, 1.807) is 19.2 Å². The average molecular weight is 522 g/mol. The second-order valence-electron chi connectivity index (χ2n) is 8.08. The predicted molar refractivity (Wildman–Crippen MR) is 127 cm³/mol. The molecule has 0 fully saturated rings. The third-order valence-electron chi connectivity index (χ3n) is 4.96. The first-order chi connectivity index (χ1) is 14.8. The number of hydrogen-bond acceptors (Lipinski definition) is 5. The van der Waals surface area contributed by atoms with Crippen LogP contribution in [0.5, 0.6) is 11.5 Å². The molecular formula is C21H23Cl3N2O5S. The second kappa shape index (κ2) is 9.17. The number of hydrogen-bond donors (Lipinski definition) is 1. The molecular weight excluding hydrogens is 499 g/mol. The molecule has 1 amide bonds. The third-order valence-corrected chi connectivity index (χ3v) is 7.11. The van der Waals surface area contributed by atoms with Gasteiger partial charge in [0.1, 0.15) is 23.6 Å². The maximum atomic E-state index is 13.0. The van der Waals surface area contributed by atoms with Crippen LogP contribution in [0.4, 0.5) is 5.69 Å². The largest absolute Gasteiger partial charge is 0.497 e. The maximum Gasteiger partial charge on any atom is 0.241 e. The molecule has 1 atom stereocenters. The number of carbonyl (C=O) groups is 1. The highest BCUT2D eigenvalue weighted by Crippen LogP contribution is 2.41. The molecule has 1 aliphatic heterocycles. The van der Waals surface area contributed by atoms with Crippen LogP contribution in [0.3, 0.4) is 0 Å². The van der Waals surface area contributed by atoms with Gasteiger partial charge >= 0.3 is 0 Å². The molecule has 2 aromatic carbocycles. The summed E-state index contributed by atoms with van der Waals surface area (Å²) in [5.74, 6) is 0.712. The van der Waals surface area contributed by atoms with E-state index in [4.69, 9.17) is 44.3 Å². The Balaban J connectivity index is 1.89. The second-order valence-corrected chi connectivity index (χ2v) is 11.2. The highest BCUT2D eigenvalue weighted by atomic mass is 35.5. The zero-order chi connectivity index (χ0) is 23.8. The summed E-state index contributed by atoms with van der Waals surface area (Å²) in [6.45, 7) is 3.33. The predicted octanol–water partition coefficient (Wildman–Crippen LogP) is 4.84. The molecule has 174 valence electrons. The third kappa shape index (κ3) is 5.54. The van der Waals surface area contributed by atoms with E-state index >= 15 is 0 Å². The molecule has 11 heteroatoms. The maximum absolute atomic E-state index is 13.0. The van der Waals surface area contributed by atoms with Crippen molar-refractivity contribution in [1.82, 2.24) is 5.32 Å². The number of benzene rings is 2. The lowest BCUT2D eigenvalue weighted by molar-refractivity contribution is -0.120. The summed E-state index contributed by atoms with van der Waals surface area (Å²) in [7, 11) is -2.29. The lowest BCUT2D eigenvalue weighted by atomic mass is 9.89. The normalized spacial score (nSPS) is 17.2. The molecule has 1 N–H and O–H groups in total. The summed E-state index contributed by atoms with van der Waals surface area (Å²) in [5, 5.41) is 3.27. The molecule has 0 bridgehead atoms. The summed E-state index contributed by atoms with van der Waals surface area (Å²) in [5.41, 5.74) is 0.286. The summed E-state index contributed by atoms with van der Waals surface area (Å²) in [6.07, 6.45) is 1.47. The number of methoxy groups -OCH3 is 1. The van der Waals surface area contributed by atoms with Gasteiger partial charge in [-0.3, -0.25) is 9.10 Å². The van der Waals surface area contributed by atoms with Gasteiger partial charge in [-0.1, -0.05) is 34.8 Å². The van der Waals surface area contributed by atoms with Gasteiger partial charge < -0.3 is 14.8 Å². The number of amides is 1. The van der Waals surface area contributed by atoms with E-state index in [-0.39, 0.29) is 20.8 Å². The minimum Gasteiger partial charge on any atom is -0.497 e. The van der Waals surface area contributed by atoms with Gasteiger partial charge in [-0.25, -0.2) is 8.42 Å². The molecule has 1 unspecified atom stereocenters. The minimum atomic E-state index is -3.85. The Morgan fingerprint density at radius 3 is 2.47 bits per heavy atom. The Hall–Kier alpha value is -1.87.